The van der Waals surface area contributed by atoms with Crippen molar-refractivity contribution in [2.24, 2.45) is 11.7 Å². The number of fused-ring (bicyclic) bond motifs is 1. The number of nitrogens with zero attached hydrogens (tertiary/aromatic N) is 2. The normalized spacial score (nSPS) is 24.7. The maximum atomic E-state index is 11.6. The first-order valence-corrected chi connectivity index (χ1v) is 8.07. The van der Waals surface area contributed by atoms with Crippen LogP contribution in [0.1, 0.15) is 42.6 Å². The van der Waals surface area contributed by atoms with E-state index in [9.17, 15) is 4.79 Å². The van der Waals surface area contributed by atoms with E-state index in [1.165, 1.54) is 7.11 Å². The number of hydrogen-bond acceptors (Lipinski definition) is 4. The Morgan fingerprint density at radius 1 is 1.43 bits per heavy atom. The van der Waals surface area contributed by atoms with Crippen LogP contribution in [0.4, 0.5) is 0 Å². The van der Waals surface area contributed by atoms with Crippen molar-refractivity contribution in [3.63, 3.8) is 0 Å². The molecule has 3 rings (SSSR count). The van der Waals surface area contributed by atoms with Crippen LogP contribution in [-0.4, -0.2) is 35.9 Å². The van der Waals surface area contributed by atoms with E-state index in [1.807, 2.05) is 17.9 Å². The van der Waals surface area contributed by atoms with Crippen LogP contribution >= 0.6 is 0 Å². The molecule has 1 unspecified atom stereocenters. The van der Waals surface area contributed by atoms with Crippen LogP contribution in [0, 0.1) is 5.92 Å². The van der Waals surface area contributed by atoms with Crippen LogP contribution in [0.5, 0.6) is 5.75 Å². The van der Waals surface area contributed by atoms with Crippen molar-refractivity contribution in [1.29, 1.82) is 0 Å². The molecular formula is C17H24N4O2. The minimum absolute atomic E-state index is 0.384. The monoisotopic (exact) mass is 316 g/mol. The first-order chi connectivity index (χ1) is 11.0. The maximum absolute atomic E-state index is 11.6. The van der Waals surface area contributed by atoms with Gasteiger partial charge in [0.2, 0.25) is 0 Å². The highest BCUT2D eigenvalue weighted by molar-refractivity contribution is 6.00. The predicted octanol–water partition coefficient (Wildman–Crippen LogP) is 2.09. The number of rotatable bonds is 4. The molecule has 3 atom stereocenters. The van der Waals surface area contributed by atoms with Gasteiger partial charge < -0.3 is 15.8 Å². The Labute approximate surface area is 136 Å². The lowest BCUT2D eigenvalue weighted by molar-refractivity contribution is 0.0997. The van der Waals surface area contributed by atoms with Crippen molar-refractivity contribution in [2.45, 2.75) is 38.3 Å². The van der Waals surface area contributed by atoms with Gasteiger partial charge in [0.25, 0.3) is 5.91 Å². The third-order valence-electron chi connectivity index (χ3n) is 4.98. The molecule has 1 aliphatic carbocycles. The molecule has 0 spiro atoms. The van der Waals surface area contributed by atoms with Gasteiger partial charge in [0.05, 0.1) is 24.2 Å². The average Bonchev–Trinajstić information content (AvgIpc) is 2.95. The lowest BCUT2D eigenvalue weighted by Crippen LogP contribution is -2.35. The van der Waals surface area contributed by atoms with Crippen LogP contribution in [-0.2, 0) is 0 Å². The van der Waals surface area contributed by atoms with Crippen LogP contribution in [0.15, 0.2) is 18.3 Å². The Hall–Kier alpha value is -2.08. The van der Waals surface area contributed by atoms with E-state index in [1.54, 1.807) is 12.1 Å². The van der Waals surface area contributed by atoms with Gasteiger partial charge in [-0.25, -0.2) is 0 Å². The summed E-state index contributed by atoms with van der Waals surface area (Å²) < 4.78 is 7.31. The fourth-order valence-corrected chi connectivity index (χ4v) is 3.64. The summed E-state index contributed by atoms with van der Waals surface area (Å²) in [5, 5.41) is 9.00. The van der Waals surface area contributed by atoms with Crippen LogP contribution in [0.25, 0.3) is 10.9 Å². The third-order valence-corrected chi connectivity index (χ3v) is 4.98. The number of benzene rings is 1. The molecular weight excluding hydrogens is 292 g/mol. The Morgan fingerprint density at radius 2 is 2.22 bits per heavy atom. The second-order valence-corrected chi connectivity index (χ2v) is 6.43. The number of nitrogens with one attached hydrogen (secondary N) is 1. The molecule has 1 saturated carbocycles. The van der Waals surface area contributed by atoms with E-state index in [0.717, 1.165) is 30.2 Å². The third kappa shape index (κ3) is 2.91. The summed E-state index contributed by atoms with van der Waals surface area (Å²) in [5.41, 5.74) is 6.65. The van der Waals surface area contributed by atoms with Crippen LogP contribution < -0.4 is 15.8 Å². The Morgan fingerprint density at radius 3 is 2.83 bits per heavy atom. The molecule has 3 N–H and O–H groups in total. The molecule has 124 valence electrons. The first-order valence-electron chi connectivity index (χ1n) is 8.07. The van der Waals surface area contributed by atoms with Gasteiger partial charge in [-0.05, 0) is 38.3 Å². The van der Waals surface area contributed by atoms with Gasteiger partial charge >= 0.3 is 0 Å². The van der Waals surface area contributed by atoms with Gasteiger partial charge in [0.1, 0.15) is 5.75 Å². The summed E-state index contributed by atoms with van der Waals surface area (Å²) in [7, 11) is 3.56. The SMILES string of the molecule is CNC1CC[C@H](n2cc3cc(C(N)=O)c(OC)cc3n2)[C@@H](C)C1. The summed E-state index contributed by atoms with van der Waals surface area (Å²) in [4.78, 5) is 11.6. The van der Waals surface area contributed by atoms with Crippen molar-refractivity contribution in [3.05, 3.63) is 23.9 Å². The summed E-state index contributed by atoms with van der Waals surface area (Å²) in [5.74, 6) is 0.537. The molecule has 0 aliphatic heterocycles. The Bertz CT molecular complexity index is 725. The molecule has 1 aliphatic rings. The quantitative estimate of drug-likeness (QED) is 0.905. The molecule has 1 aromatic carbocycles. The van der Waals surface area contributed by atoms with E-state index in [-0.39, 0.29) is 0 Å². The molecule has 1 heterocycles. The smallest absolute Gasteiger partial charge is 0.252 e. The van der Waals surface area contributed by atoms with Gasteiger partial charge in [-0.3, -0.25) is 9.48 Å². The van der Waals surface area contributed by atoms with Gasteiger partial charge in [0, 0.05) is 23.7 Å². The van der Waals surface area contributed by atoms with Crippen LogP contribution in [0.3, 0.4) is 0 Å². The van der Waals surface area contributed by atoms with E-state index >= 15 is 0 Å². The van der Waals surface area contributed by atoms with E-state index in [4.69, 9.17) is 15.6 Å². The summed E-state index contributed by atoms with van der Waals surface area (Å²) in [6.07, 6.45) is 5.41. The van der Waals surface area contributed by atoms with Crippen molar-refractivity contribution < 1.29 is 9.53 Å². The van der Waals surface area contributed by atoms with Crippen molar-refractivity contribution in [3.8, 4) is 5.75 Å². The lowest BCUT2D eigenvalue weighted by atomic mass is 9.83. The summed E-state index contributed by atoms with van der Waals surface area (Å²) in [6.45, 7) is 2.27. The highest BCUT2D eigenvalue weighted by atomic mass is 16.5. The maximum Gasteiger partial charge on any atom is 0.252 e. The molecule has 1 amide bonds. The van der Waals surface area contributed by atoms with Crippen molar-refractivity contribution in [1.82, 2.24) is 15.1 Å². The zero-order valence-electron chi connectivity index (χ0n) is 13.9. The largest absolute Gasteiger partial charge is 0.496 e. The van der Waals surface area contributed by atoms with Gasteiger partial charge in [-0.1, -0.05) is 6.92 Å². The van der Waals surface area contributed by atoms with Gasteiger partial charge in [0.15, 0.2) is 0 Å². The number of ether oxygens (including phenoxy) is 1. The van der Waals surface area contributed by atoms with E-state index < -0.39 is 5.91 Å². The Balaban J connectivity index is 1.95. The second kappa shape index (κ2) is 6.20. The number of primary amides is 1. The molecule has 23 heavy (non-hydrogen) atoms. The molecule has 0 saturated heterocycles. The van der Waals surface area contributed by atoms with Gasteiger partial charge in [-0.2, -0.15) is 5.10 Å². The highest BCUT2D eigenvalue weighted by Crippen LogP contribution is 2.35. The average molecular weight is 316 g/mol. The summed E-state index contributed by atoms with van der Waals surface area (Å²) >= 11 is 0. The molecule has 6 nitrogen and oxygen atoms in total. The summed E-state index contributed by atoms with van der Waals surface area (Å²) in [6, 6.07) is 4.53. The van der Waals surface area contributed by atoms with E-state index in [2.05, 4.69) is 12.2 Å². The molecule has 0 bridgehead atoms. The molecule has 0 radical (unpaired) electrons. The van der Waals surface area contributed by atoms with Crippen molar-refractivity contribution >= 4 is 16.8 Å². The zero-order valence-corrected chi connectivity index (χ0v) is 13.9. The number of carbonyl (C=O) groups excluding carboxylic acids is 1. The van der Waals surface area contributed by atoms with Crippen molar-refractivity contribution in [2.75, 3.05) is 14.2 Å². The molecule has 6 heteroatoms. The predicted molar refractivity (Wildman–Crippen MR) is 89.7 cm³/mol. The number of methoxy groups -OCH3 is 1. The Kier molecular flexibility index (Phi) is 4.26. The highest BCUT2D eigenvalue weighted by Gasteiger charge is 2.28. The van der Waals surface area contributed by atoms with Crippen LogP contribution in [0.2, 0.25) is 0 Å². The minimum Gasteiger partial charge on any atom is -0.496 e. The fraction of sp³-hybridized carbons (Fsp3) is 0.529. The first kappa shape index (κ1) is 15.8. The van der Waals surface area contributed by atoms with E-state index in [0.29, 0.717) is 29.3 Å². The molecule has 1 fully saturated rings. The van der Waals surface area contributed by atoms with Gasteiger partial charge in [-0.15, -0.1) is 0 Å². The molecule has 1 aromatic heterocycles. The number of nitrogens with two attached hydrogens (primary N) is 1. The fourth-order valence-electron chi connectivity index (χ4n) is 3.64. The number of hydrogen-bond donors (Lipinski definition) is 2. The minimum atomic E-state index is -0.487. The number of aromatic nitrogens is 2. The number of carbonyl (C=O) groups is 1. The number of amides is 1. The molecule has 2 aromatic rings. The lowest BCUT2D eigenvalue weighted by Gasteiger charge is -2.34. The standard InChI is InChI=1S/C17H24N4O2/c1-10-6-12(19-2)4-5-15(10)21-9-11-7-13(17(18)22)16(23-3)8-14(11)20-21/h7-10,12,15,19H,4-6H2,1-3H3,(H2,18,22)/t10-,12?,15-/m0/s1. The second-order valence-electron chi connectivity index (χ2n) is 6.43. The zero-order chi connectivity index (χ0) is 16.6. The topological polar surface area (TPSA) is 82.2 Å².